The molecular formula is C12H16BrFN2O2S. The zero-order valence-corrected chi connectivity index (χ0v) is 13.5. The van der Waals surface area contributed by atoms with Gasteiger partial charge < -0.3 is 9.64 Å². The molecule has 19 heavy (non-hydrogen) atoms. The highest BCUT2D eigenvalue weighted by Crippen LogP contribution is 2.39. The second-order valence-corrected chi connectivity index (χ2v) is 8.00. The van der Waals surface area contributed by atoms with Crippen molar-refractivity contribution in [3.8, 4) is 0 Å². The zero-order valence-electron chi connectivity index (χ0n) is 11.1. The van der Waals surface area contributed by atoms with Crippen molar-refractivity contribution in [2.24, 2.45) is 0 Å². The minimum absolute atomic E-state index is 0.00185. The predicted molar refractivity (Wildman–Crippen MR) is 75.0 cm³/mol. The fourth-order valence-electron chi connectivity index (χ4n) is 1.89. The highest BCUT2D eigenvalue weighted by Gasteiger charge is 2.45. The number of halogens is 2. The first kappa shape index (κ1) is 14.7. The summed E-state index contributed by atoms with van der Waals surface area (Å²) < 4.78 is 20.8. The van der Waals surface area contributed by atoms with E-state index in [9.17, 15) is 9.18 Å². The highest BCUT2D eigenvalue weighted by atomic mass is 79.9. The van der Waals surface area contributed by atoms with Gasteiger partial charge in [0, 0.05) is 13.0 Å². The maximum atomic E-state index is 14.8. The second-order valence-electron chi connectivity index (χ2n) is 5.59. The molecule has 7 heteroatoms. The molecule has 1 fully saturated rings. The standard InChI is InChI=1S/C12H16BrFN2O2S/c1-11(2,3)18-10(17)16-5-4-12(14,7-16)9-15-6-8(13)19-9/h6H,4-5,7H2,1-3H3. The number of thiazole rings is 1. The molecule has 1 aromatic rings. The molecule has 1 amide bonds. The third kappa shape index (κ3) is 3.45. The summed E-state index contributed by atoms with van der Waals surface area (Å²) in [7, 11) is 0. The van der Waals surface area contributed by atoms with Crippen LogP contribution in [0.1, 0.15) is 32.2 Å². The Labute approximate surface area is 124 Å². The minimum Gasteiger partial charge on any atom is -0.444 e. The monoisotopic (exact) mass is 350 g/mol. The molecular weight excluding hydrogens is 335 g/mol. The fourth-order valence-corrected chi connectivity index (χ4v) is 3.20. The van der Waals surface area contributed by atoms with Gasteiger partial charge in [0.2, 0.25) is 0 Å². The first-order chi connectivity index (χ1) is 8.70. The molecule has 1 aliphatic heterocycles. The Balaban J connectivity index is 2.05. The summed E-state index contributed by atoms with van der Waals surface area (Å²) in [5.74, 6) is 0. The fraction of sp³-hybridized carbons (Fsp3) is 0.667. The topological polar surface area (TPSA) is 42.4 Å². The van der Waals surface area contributed by atoms with Gasteiger partial charge in [-0.25, -0.2) is 14.2 Å². The molecule has 1 atom stereocenters. The van der Waals surface area contributed by atoms with E-state index in [1.807, 2.05) is 0 Å². The van der Waals surface area contributed by atoms with Gasteiger partial charge in [0.1, 0.15) is 10.6 Å². The average Bonchev–Trinajstić information content (AvgIpc) is 2.83. The zero-order chi connectivity index (χ0) is 14.3. The van der Waals surface area contributed by atoms with Crippen LogP contribution in [0.4, 0.5) is 9.18 Å². The molecule has 0 N–H and O–H groups in total. The lowest BCUT2D eigenvalue weighted by Gasteiger charge is -2.25. The number of rotatable bonds is 1. The molecule has 0 bridgehead atoms. The van der Waals surface area contributed by atoms with E-state index in [-0.39, 0.29) is 13.0 Å². The van der Waals surface area contributed by atoms with Crippen LogP contribution in [0, 0.1) is 0 Å². The Bertz CT molecular complexity index is 488. The quantitative estimate of drug-likeness (QED) is 0.775. The molecule has 4 nitrogen and oxygen atoms in total. The molecule has 0 saturated carbocycles. The Morgan fingerprint density at radius 2 is 2.32 bits per heavy atom. The number of nitrogens with zero attached hydrogens (tertiary/aromatic N) is 2. The summed E-state index contributed by atoms with van der Waals surface area (Å²) in [6.07, 6.45) is 1.37. The molecule has 0 aliphatic carbocycles. The van der Waals surface area contributed by atoms with Gasteiger partial charge >= 0.3 is 6.09 Å². The SMILES string of the molecule is CC(C)(C)OC(=O)N1CCC(F)(c2ncc(Br)s2)C1. The van der Waals surface area contributed by atoms with Crippen molar-refractivity contribution in [3.05, 3.63) is 15.0 Å². The van der Waals surface area contributed by atoms with E-state index >= 15 is 0 Å². The van der Waals surface area contributed by atoms with Crippen molar-refractivity contribution in [2.45, 2.75) is 38.5 Å². The summed E-state index contributed by atoms with van der Waals surface area (Å²) in [6.45, 7) is 5.73. The van der Waals surface area contributed by atoms with Gasteiger partial charge in [0.05, 0.1) is 16.5 Å². The maximum Gasteiger partial charge on any atom is 0.410 e. The number of carbonyl (C=O) groups is 1. The van der Waals surface area contributed by atoms with Gasteiger partial charge in [-0.05, 0) is 36.7 Å². The van der Waals surface area contributed by atoms with Crippen molar-refractivity contribution in [2.75, 3.05) is 13.1 Å². The van der Waals surface area contributed by atoms with Gasteiger partial charge in [-0.3, -0.25) is 0 Å². The Morgan fingerprint density at radius 1 is 1.63 bits per heavy atom. The molecule has 106 valence electrons. The number of ether oxygens (including phenoxy) is 1. The summed E-state index contributed by atoms with van der Waals surface area (Å²) in [4.78, 5) is 17.4. The lowest BCUT2D eigenvalue weighted by atomic mass is 10.1. The van der Waals surface area contributed by atoms with Crippen LogP contribution in [0.3, 0.4) is 0 Å². The first-order valence-electron chi connectivity index (χ1n) is 5.98. The number of amides is 1. The molecule has 1 saturated heterocycles. The van der Waals surface area contributed by atoms with Crippen LogP contribution in [0.25, 0.3) is 0 Å². The lowest BCUT2D eigenvalue weighted by molar-refractivity contribution is 0.0257. The number of hydrogen-bond donors (Lipinski definition) is 0. The number of likely N-dealkylation sites (tertiary alicyclic amines) is 1. The lowest BCUT2D eigenvalue weighted by Crippen LogP contribution is -2.37. The van der Waals surface area contributed by atoms with E-state index in [2.05, 4.69) is 20.9 Å². The summed E-state index contributed by atoms with van der Waals surface area (Å²) in [5.41, 5.74) is -2.13. The first-order valence-corrected chi connectivity index (χ1v) is 7.59. The highest BCUT2D eigenvalue weighted by molar-refractivity contribution is 9.11. The number of hydrogen-bond acceptors (Lipinski definition) is 4. The third-order valence-corrected chi connectivity index (χ3v) is 4.39. The van der Waals surface area contributed by atoms with Gasteiger partial charge in [0.25, 0.3) is 0 Å². The van der Waals surface area contributed by atoms with Crippen molar-refractivity contribution >= 4 is 33.4 Å². The van der Waals surface area contributed by atoms with E-state index in [4.69, 9.17) is 4.74 Å². The molecule has 0 spiro atoms. The van der Waals surface area contributed by atoms with Crippen molar-refractivity contribution in [3.63, 3.8) is 0 Å². The largest absolute Gasteiger partial charge is 0.444 e. The maximum absolute atomic E-state index is 14.8. The van der Waals surface area contributed by atoms with E-state index in [0.29, 0.717) is 11.6 Å². The van der Waals surface area contributed by atoms with Gasteiger partial charge in [-0.2, -0.15) is 0 Å². The summed E-state index contributed by atoms with van der Waals surface area (Å²) in [6, 6.07) is 0. The average molecular weight is 351 g/mol. The smallest absolute Gasteiger partial charge is 0.410 e. The van der Waals surface area contributed by atoms with E-state index in [0.717, 1.165) is 3.79 Å². The van der Waals surface area contributed by atoms with Crippen LogP contribution in [0.15, 0.2) is 9.98 Å². The van der Waals surface area contributed by atoms with Gasteiger partial charge in [-0.15, -0.1) is 11.3 Å². The van der Waals surface area contributed by atoms with Crippen LogP contribution >= 0.6 is 27.3 Å². The van der Waals surface area contributed by atoms with Crippen LogP contribution in [0.2, 0.25) is 0 Å². The summed E-state index contributed by atoms with van der Waals surface area (Å²) >= 11 is 4.53. The predicted octanol–water partition coefficient (Wildman–Crippen LogP) is 3.71. The van der Waals surface area contributed by atoms with E-state index in [1.165, 1.54) is 16.2 Å². The van der Waals surface area contributed by atoms with Crippen LogP contribution in [-0.4, -0.2) is 34.7 Å². The van der Waals surface area contributed by atoms with Gasteiger partial charge in [-0.1, -0.05) is 0 Å². The molecule has 0 aromatic carbocycles. The molecule has 2 rings (SSSR count). The van der Waals surface area contributed by atoms with E-state index < -0.39 is 17.4 Å². The van der Waals surface area contributed by atoms with Crippen molar-refractivity contribution in [1.82, 2.24) is 9.88 Å². The molecule has 2 heterocycles. The number of carbonyl (C=O) groups excluding carboxylic acids is 1. The van der Waals surface area contributed by atoms with E-state index in [1.54, 1.807) is 27.0 Å². The van der Waals surface area contributed by atoms with Crippen LogP contribution < -0.4 is 0 Å². The normalized spacial score (nSPS) is 23.7. The molecule has 0 radical (unpaired) electrons. The Hall–Kier alpha value is -0.690. The number of alkyl halides is 1. The van der Waals surface area contributed by atoms with Crippen LogP contribution in [0.5, 0.6) is 0 Å². The van der Waals surface area contributed by atoms with Crippen molar-refractivity contribution in [1.29, 1.82) is 0 Å². The second kappa shape index (κ2) is 5.01. The summed E-state index contributed by atoms with van der Waals surface area (Å²) in [5, 5.41) is 0.408. The molecule has 1 aliphatic rings. The van der Waals surface area contributed by atoms with Crippen LogP contribution in [-0.2, 0) is 10.4 Å². The van der Waals surface area contributed by atoms with Crippen molar-refractivity contribution < 1.29 is 13.9 Å². The Morgan fingerprint density at radius 3 is 2.84 bits per heavy atom. The molecule has 1 unspecified atom stereocenters. The third-order valence-electron chi connectivity index (χ3n) is 2.73. The Kier molecular flexibility index (Phi) is 3.88. The minimum atomic E-state index is -1.56. The molecule has 1 aromatic heterocycles. The van der Waals surface area contributed by atoms with Gasteiger partial charge in [0.15, 0.2) is 5.67 Å². The number of aromatic nitrogens is 1.